The third-order valence-corrected chi connectivity index (χ3v) is 9.94. The predicted molar refractivity (Wildman–Crippen MR) is 151 cm³/mol. The van der Waals surface area contributed by atoms with Crippen LogP contribution in [0.15, 0.2) is 0 Å². The molecule has 41 heavy (non-hydrogen) atoms. The third kappa shape index (κ3) is 8.22. The van der Waals surface area contributed by atoms with E-state index in [4.69, 9.17) is 28.7 Å². The molecule has 4 heterocycles. The Kier molecular flexibility index (Phi) is 12.3. The second kappa shape index (κ2) is 15.5. The summed E-state index contributed by atoms with van der Waals surface area (Å²) in [5, 5.41) is 0. The molecule has 0 amide bonds. The molecule has 2 bridgehead atoms. The summed E-state index contributed by atoms with van der Waals surface area (Å²) >= 11 is 0. The average molecular weight is 583 g/mol. The number of carbonyl (C=O) groups is 2. The number of ether oxygens (including phenoxy) is 5. The fourth-order valence-corrected chi connectivity index (χ4v) is 7.44. The molecule has 9 heteroatoms. The molecule has 236 valence electrons. The van der Waals surface area contributed by atoms with Crippen LogP contribution < -0.4 is 0 Å². The molecule has 1 saturated carbocycles. The number of fused-ring (bicyclic) bond motifs is 2. The topological polar surface area (TPSA) is 98.8 Å². The fourth-order valence-electron chi connectivity index (χ4n) is 7.44. The molecule has 0 aromatic carbocycles. The quantitative estimate of drug-likeness (QED) is 0.107. The van der Waals surface area contributed by atoms with Crippen molar-refractivity contribution in [1.82, 2.24) is 0 Å². The molecule has 0 N–H and O–H groups in total. The molecule has 0 aromatic rings. The lowest BCUT2D eigenvalue weighted by molar-refractivity contribution is -0.577. The van der Waals surface area contributed by atoms with Crippen LogP contribution in [0.3, 0.4) is 0 Å². The van der Waals surface area contributed by atoms with E-state index in [1.54, 1.807) is 0 Å². The highest BCUT2D eigenvalue weighted by Crippen LogP contribution is 2.60. The smallest absolute Gasteiger partial charge is 0.306 e. The van der Waals surface area contributed by atoms with E-state index >= 15 is 0 Å². The van der Waals surface area contributed by atoms with Crippen LogP contribution >= 0.6 is 0 Å². The molecule has 5 rings (SSSR count). The molecule has 5 aliphatic rings. The second-order valence-corrected chi connectivity index (χ2v) is 13.0. The van der Waals surface area contributed by atoms with Crippen molar-refractivity contribution in [2.75, 3.05) is 20.3 Å². The lowest BCUT2D eigenvalue weighted by Crippen LogP contribution is -2.70. The van der Waals surface area contributed by atoms with Gasteiger partial charge in [-0.2, -0.15) is 0 Å². The molecule has 1 aliphatic carbocycles. The van der Waals surface area contributed by atoms with Gasteiger partial charge in [0, 0.05) is 24.9 Å². The Balaban J connectivity index is 1.02. The van der Waals surface area contributed by atoms with Crippen molar-refractivity contribution in [2.45, 2.75) is 147 Å². The zero-order valence-corrected chi connectivity index (χ0v) is 25.9. The lowest BCUT2D eigenvalue weighted by atomic mass is 9.58. The van der Waals surface area contributed by atoms with Crippen LogP contribution in [0.1, 0.15) is 124 Å². The summed E-state index contributed by atoms with van der Waals surface area (Å²) in [6, 6.07) is 0. The van der Waals surface area contributed by atoms with Gasteiger partial charge < -0.3 is 23.7 Å². The van der Waals surface area contributed by atoms with E-state index in [1.165, 1.54) is 52.1 Å². The minimum Gasteiger partial charge on any atom is -0.469 e. The summed E-state index contributed by atoms with van der Waals surface area (Å²) in [5.41, 5.74) is -0.521. The van der Waals surface area contributed by atoms with E-state index in [9.17, 15) is 9.59 Å². The van der Waals surface area contributed by atoms with E-state index in [0.717, 1.165) is 44.9 Å². The first kappa shape index (κ1) is 32.6. The first-order valence-corrected chi connectivity index (χ1v) is 16.3. The molecule has 1 spiro atoms. The molecule has 9 nitrogen and oxygen atoms in total. The highest BCUT2D eigenvalue weighted by atomic mass is 17.3. The number of methoxy groups -OCH3 is 1. The minimum atomic E-state index is -0.745. The molecule has 4 aliphatic heterocycles. The van der Waals surface area contributed by atoms with Gasteiger partial charge >= 0.3 is 11.9 Å². The van der Waals surface area contributed by atoms with Gasteiger partial charge in [-0.25, -0.2) is 9.78 Å². The van der Waals surface area contributed by atoms with E-state index in [2.05, 4.69) is 18.6 Å². The number of carbonyl (C=O) groups excluding carboxylic acids is 2. The molecule has 8 atom stereocenters. The third-order valence-electron chi connectivity index (χ3n) is 9.94. The summed E-state index contributed by atoms with van der Waals surface area (Å²) in [4.78, 5) is 34.7. The summed E-state index contributed by atoms with van der Waals surface area (Å²) in [7, 11) is 1.32. The van der Waals surface area contributed by atoms with Gasteiger partial charge in [0.05, 0.1) is 26.6 Å². The van der Waals surface area contributed by atoms with Gasteiger partial charge in [-0.1, -0.05) is 65.2 Å². The van der Waals surface area contributed by atoms with Crippen molar-refractivity contribution in [3.8, 4) is 0 Å². The lowest BCUT2D eigenvalue weighted by Gasteiger charge is -2.60. The van der Waals surface area contributed by atoms with E-state index < -0.39 is 17.7 Å². The maximum Gasteiger partial charge on any atom is 0.306 e. The fraction of sp³-hybridized carbons (Fsp3) is 0.938. The van der Waals surface area contributed by atoms with Crippen molar-refractivity contribution in [2.24, 2.45) is 23.7 Å². The van der Waals surface area contributed by atoms with E-state index in [1.807, 2.05) is 6.92 Å². The van der Waals surface area contributed by atoms with Crippen LogP contribution in [0.25, 0.3) is 0 Å². The van der Waals surface area contributed by atoms with Crippen molar-refractivity contribution >= 4 is 11.9 Å². The van der Waals surface area contributed by atoms with Crippen molar-refractivity contribution in [3.05, 3.63) is 0 Å². The van der Waals surface area contributed by atoms with Gasteiger partial charge in [0.15, 0.2) is 18.2 Å². The predicted octanol–water partition coefficient (Wildman–Crippen LogP) is 6.61. The Morgan fingerprint density at radius 2 is 1.41 bits per heavy atom. The SMILES string of the molecule is COC(=O)CCC(=O)OCCCCCCCCCCCCO[C@H]1O[C@@H]2O[C@]3(C)CC[C@H]4[C@H](C)CC[C@@H]([C@H]1C)[C@@]24OO3. The molecule has 0 aromatic heterocycles. The number of rotatable bonds is 17. The largest absolute Gasteiger partial charge is 0.469 e. The average Bonchev–Trinajstić information content (AvgIpc) is 3.19. The van der Waals surface area contributed by atoms with Crippen LogP contribution in [-0.4, -0.2) is 56.2 Å². The van der Waals surface area contributed by atoms with Crippen LogP contribution in [0.2, 0.25) is 0 Å². The molecule has 4 saturated heterocycles. The van der Waals surface area contributed by atoms with Crippen molar-refractivity contribution in [3.63, 3.8) is 0 Å². The molecular weight excluding hydrogens is 528 g/mol. The molecule has 5 fully saturated rings. The number of unbranched alkanes of at least 4 members (excludes halogenated alkanes) is 9. The Bertz CT molecular complexity index is 836. The summed E-state index contributed by atoms with van der Waals surface area (Å²) < 4.78 is 28.9. The van der Waals surface area contributed by atoms with Gasteiger partial charge in [0.1, 0.15) is 0 Å². The number of esters is 2. The van der Waals surface area contributed by atoms with Gasteiger partial charge in [0.2, 0.25) is 5.79 Å². The number of hydrogen-bond acceptors (Lipinski definition) is 9. The Morgan fingerprint density at radius 3 is 2.10 bits per heavy atom. The van der Waals surface area contributed by atoms with Gasteiger partial charge in [-0.15, -0.1) is 0 Å². The highest BCUT2D eigenvalue weighted by Gasteiger charge is 2.69. The first-order valence-electron chi connectivity index (χ1n) is 16.3. The minimum absolute atomic E-state index is 0.0821. The summed E-state index contributed by atoms with van der Waals surface area (Å²) in [6.07, 6.45) is 15.2. The van der Waals surface area contributed by atoms with Crippen LogP contribution in [-0.2, 0) is 43.0 Å². The Hall–Kier alpha value is -1.26. The van der Waals surface area contributed by atoms with Crippen LogP contribution in [0, 0.1) is 23.7 Å². The zero-order chi connectivity index (χ0) is 29.3. The van der Waals surface area contributed by atoms with Gasteiger partial charge in [0.25, 0.3) is 0 Å². The summed E-state index contributed by atoms with van der Waals surface area (Å²) in [5.74, 6) is 0.0350. The highest BCUT2D eigenvalue weighted by molar-refractivity contribution is 5.77. The summed E-state index contributed by atoms with van der Waals surface area (Å²) in [6.45, 7) is 7.69. The zero-order valence-electron chi connectivity index (χ0n) is 25.9. The standard InChI is InChI=1S/C32H54O9/c1-23-15-16-26-24(2)29(38-30-32(26)25(23)19-20-31(3,39-30)40-41-32)37-22-14-12-10-8-6-5-7-9-11-13-21-36-28(34)18-17-27(33)35-4/h23-26,29-30H,5-22H2,1-4H3/t23-,24-,25+,26+,29+,30-,31+,32-/m1/s1. The maximum atomic E-state index is 11.5. The molecule has 0 radical (unpaired) electrons. The normalized spacial score (nSPS) is 35.9. The van der Waals surface area contributed by atoms with E-state index in [0.29, 0.717) is 31.0 Å². The van der Waals surface area contributed by atoms with E-state index in [-0.39, 0.29) is 37.0 Å². The first-order chi connectivity index (χ1) is 19.8. The van der Waals surface area contributed by atoms with Gasteiger partial charge in [-0.05, 0) is 50.9 Å². The van der Waals surface area contributed by atoms with Crippen LogP contribution in [0.4, 0.5) is 0 Å². The monoisotopic (exact) mass is 582 g/mol. The van der Waals surface area contributed by atoms with Gasteiger partial charge in [-0.3, -0.25) is 9.59 Å². The van der Waals surface area contributed by atoms with Crippen molar-refractivity contribution < 1.29 is 43.0 Å². The van der Waals surface area contributed by atoms with Crippen molar-refractivity contribution in [1.29, 1.82) is 0 Å². The van der Waals surface area contributed by atoms with Crippen LogP contribution in [0.5, 0.6) is 0 Å². The molecule has 0 unspecified atom stereocenters. The Morgan fingerprint density at radius 1 is 0.780 bits per heavy atom. The Labute approximate surface area is 246 Å². The molecular formula is C32H54O9. The second-order valence-electron chi connectivity index (χ2n) is 13.0. The number of hydrogen-bond donors (Lipinski definition) is 0. The maximum absolute atomic E-state index is 11.5.